The molecule has 0 radical (unpaired) electrons. The molecule has 1 aromatic heterocycles. The maximum Gasteiger partial charge on any atom is 0.300 e. The minimum atomic E-state index is -1.21. The summed E-state index contributed by atoms with van der Waals surface area (Å²) in [5, 5.41) is 11.1. The smallest absolute Gasteiger partial charge is 0.300 e. The number of pyridine rings is 1. The predicted molar refractivity (Wildman–Crippen MR) is 118 cm³/mol. The van der Waals surface area contributed by atoms with Crippen LogP contribution in [0.3, 0.4) is 0 Å². The number of anilines is 1. The van der Waals surface area contributed by atoms with Gasteiger partial charge < -0.3 is 9.84 Å². The van der Waals surface area contributed by atoms with E-state index >= 15 is 0 Å². The number of amides is 1. The Hall–Kier alpha value is -4.07. The van der Waals surface area contributed by atoms with Gasteiger partial charge in [-0.1, -0.05) is 6.07 Å². The van der Waals surface area contributed by atoms with Crippen LogP contribution in [0, 0.1) is 18.6 Å². The first kappa shape index (κ1) is 22.1. The number of aliphatic hydroxyl groups is 1. The highest BCUT2D eigenvalue weighted by Crippen LogP contribution is 2.43. The van der Waals surface area contributed by atoms with Gasteiger partial charge in [0.25, 0.3) is 11.7 Å². The molecule has 6 nitrogen and oxygen atoms in total. The van der Waals surface area contributed by atoms with Gasteiger partial charge in [-0.2, -0.15) is 0 Å². The standard InChI is InChI=1S/C25H20F2N2O4/c1-3-33-20-9-6-15(11-14(20)2)23(30)21-22(16-5-4-10-28-13-16)29(25(32)24(21)31)19-12-17(26)7-8-18(19)27/h4-13,22,30H,3H2,1-2H3/b23-21+. The summed E-state index contributed by atoms with van der Waals surface area (Å²) in [6.45, 7) is 4.08. The van der Waals surface area contributed by atoms with Crippen molar-refractivity contribution in [3.8, 4) is 5.75 Å². The summed E-state index contributed by atoms with van der Waals surface area (Å²) in [7, 11) is 0. The number of aliphatic hydroxyl groups excluding tert-OH is 1. The van der Waals surface area contributed by atoms with Gasteiger partial charge in [0.05, 0.1) is 23.9 Å². The first-order chi connectivity index (χ1) is 15.8. The summed E-state index contributed by atoms with van der Waals surface area (Å²) in [5.41, 5.74) is 0.685. The second-order valence-corrected chi connectivity index (χ2v) is 7.46. The van der Waals surface area contributed by atoms with Crippen LogP contribution in [0.1, 0.15) is 29.7 Å². The van der Waals surface area contributed by atoms with Crippen molar-refractivity contribution in [2.45, 2.75) is 19.9 Å². The lowest BCUT2D eigenvalue weighted by Crippen LogP contribution is -2.30. The topological polar surface area (TPSA) is 79.7 Å². The van der Waals surface area contributed by atoms with Crippen LogP contribution in [0.4, 0.5) is 14.5 Å². The molecule has 1 amide bonds. The van der Waals surface area contributed by atoms with Gasteiger partial charge in [0.1, 0.15) is 23.1 Å². The average molecular weight is 450 g/mol. The van der Waals surface area contributed by atoms with E-state index in [4.69, 9.17) is 4.74 Å². The number of Topliss-reactive ketones (excluding diaryl/α,β-unsaturated/α-hetero) is 1. The highest BCUT2D eigenvalue weighted by molar-refractivity contribution is 6.51. The minimum absolute atomic E-state index is 0.250. The maximum absolute atomic E-state index is 14.7. The number of aryl methyl sites for hydroxylation is 1. The van der Waals surface area contributed by atoms with Crippen molar-refractivity contribution in [3.63, 3.8) is 0 Å². The van der Waals surface area contributed by atoms with Gasteiger partial charge in [-0.15, -0.1) is 0 Å². The number of benzene rings is 2. The lowest BCUT2D eigenvalue weighted by atomic mass is 9.95. The lowest BCUT2D eigenvalue weighted by Gasteiger charge is -2.25. The number of carbonyl (C=O) groups excluding carboxylic acids is 2. The van der Waals surface area contributed by atoms with Crippen LogP contribution in [0.2, 0.25) is 0 Å². The number of rotatable bonds is 5. The van der Waals surface area contributed by atoms with Crippen LogP contribution in [0.5, 0.6) is 5.75 Å². The molecule has 2 heterocycles. The summed E-state index contributed by atoms with van der Waals surface area (Å²) in [5.74, 6) is -3.59. The maximum atomic E-state index is 14.7. The number of nitrogens with zero attached hydrogens (tertiary/aromatic N) is 2. The molecule has 168 valence electrons. The quantitative estimate of drug-likeness (QED) is 0.347. The fourth-order valence-electron chi connectivity index (χ4n) is 3.87. The number of halogens is 2. The van der Waals surface area contributed by atoms with E-state index in [9.17, 15) is 23.5 Å². The number of hydrogen-bond acceptors (Lipinski definition) is 5. The van der Waals surface area contributed by atoms with E-state index in [0.29, 0.717) is 23.5 Å². The molecule has 0 bridgehead atoms. The summed E-state index contributed by atoms with van der Waals surface area (Å²) in [6.07, 6.45) is 2.89. The van der Waals surface area contributed by atoms with E-state index in [1.54, 1.807) is 37.3 Å². The molecule has 1 aliphatic heterocycles. The fourth-order valence-corrected chi connectivity index (χ4v) is 3.87. The molecule has 1 fully saturated rings. The molecule has 1 saturated heterocycles. The summed E-state index contributed by atoms with van der Waals surface area (Å²) in [6, 6.07) is 9.42. The molecule has 8 heteroatoms. The Labute approximate surface area is 188 Å². The number of ketones is 1. The van der Waals surface area contributed by atoms with Crippen LogP contribution < -0.4 is 9.64 Å². The van der Waals surface area contributed by atoms with E-state index < -0.39 is 40.8 Å². The molecule has 0 aliphatic carbocycles. The zero-order chi connectivity index (χ0) is 23.7. The Morgan fingerprint density at radius 1 is 1.15 bits per heavy atom. The second-order valence-electron chi connectivity index (χ2n) is 7.46. The van der Waals surface area contributed by atoms with E-state index in [2.05, 4.69) is 4.98 Å². The molecule has 1 N–H and O–H groups in total. The van der Waals surface area contributed by atoms with Gasteiger partial charge in [-0.3, -0.25) is 19.5 Å². The highest BCUT2D eigenvalue weighted by Gasteiger charge is 2.48. The molecule has 33 heavy (non-hydrogen) atoms. The molecule has 1 aliphatic rings. The molecule has 2 aromatic carbocycles. The molecule has 3 aromatic rings. The van der Waals surface area contributed by atoms with Crippen LogP contribution in [0.15, 0.2) is 66.5 Å². The SMILES string of the molecule is CCOc1ccc(/C(O)=C2\C(=O)C(=O)N(c3cc(F)ccc3F)C2c2cccnc2)cc1C. The molecule has 1 atom stereocenters. The molecule has 0 saturated carbocycles. The van der Waals surface area contributed by atoms with Crippen molar-refractivity contribution in [1.82, 2.24) is 4.98 Å². The van der Waals surface area contributed by atoms with E-state index in [-0.39, 0.29) is 11.1 Å². The summed E-state index contributed by atoms with van der Waals surface area (Å²) in [4.78, 5) is 30.9. The molecular weight excluding hydrogens is 430 g/mol. The Morgan fingerprint density at radius 3 is 2.61 bits per heavy atom. The zero-order valence-electron chi connectivity index (χ0n) is 17.9. The molecule has 0 spiro atoms. The minimum Gasteiger partial charge on any atom is -0.507 e. The summed E-state index contributed by atoms with van der Waals surface area (Å²) >= 11 is 0. The third kappa shape index (κ3) is 3.95. The van der Waals surface area contributed by atoms with Crippen molar-refractivity contribution < 1.29 is 28.2 Å². The largest absolute Gasteiger partial charge is 0.507 e. The lowest BCUT2D eigenvalue weighted by molar-refractivity contribution is -0.132. The summed E-state index contributed by atoms with van der Waals surface area (Å²) < 4.78 is 34.1. The van der Waals surface area contributed by atoms with Crippen LogP contribution in [0.25, 0.3) is 5.76 Å². The monoisotopic (exact) mass is 450 g/mol. The van der Waals surface area contributed by atoms with Gasteiger partial charge in [-0.05, 0) is 61.4 Å². The van der Waals surface area contributed by atoms with Gasteiger partial charge in [0, 0.05) is 24.0 Å². The normalized spacial score (nSPS) is 17.5. The first-order valence-corrected chi connectivity index (χ1v) is 10.2. The van der Waals surface area contributed by atoms with Gasteiger partial charge >= 0.3 is 0 Å². The van der Waals surface area contributed by atoms with Gasteiger partial charge in [-0.25, -0.2) is 8.78 Å². The molecule has 1 unspecified atom stereocenters. The fraction of sp³-hybridized carbons (Fsp3) is 0.160. The van der Waals surface area contributed by atoms with Crippen LogP contribution in [-0.4, -0.2) is 28.4 Å². The van der Waals surface area contributed by atoms with Crippen molar-refractivity contribution in [2.75, 3.05) is 11.5 Å². The van der Waals surface area contributed by atoms with Crippen LogP contribution in [-0.2, 0) is 9.59 Å². The van der Waals surface area contributed by atoms with Crippen molar-refractivity contribution in [2.24, 2.45) is 0 Å². The zero-order valence-corrected chi connectivity index (χ0v) is 17.9. The van der Waals surface area contributed by atoms with Crippen molar-refractivity contribution >= 4 is 23.1 Å². The Morgan fingerprint density at radius 2 is 1.94 bits per heavy atom. The third-order valence-electron chi connectivity index (χ3n) is 5.36. The Kier molecular flexibility index (Phi) is 5.91. The van der Waals surface area contributed by atoms with E-state index in [1.807, 2.05) is 6.92 Å². The van der Waals surface area contributed by atoms with Crippen LogP contribution >= 0.6 is 0 Å². The van der Waals surface area contributed by atoms with Crippen molar-refractivity contribution in [3.05, 3.63) is 94.8 Å². The molecule has 4 rings (SSSR count). The molecular formula is C25H20F2N2O4. The van der Waals surface area contributed by atoms with Gasteiger partial charge in [0.2, 0.25) is 0 Å². The van der Waals surface area contributed by atoms with Gasteiger partial charge in [0.15, 0.2) is 0 Å². The van der Waals surface area contributed by atoms with E-state index in [1.165, 1.54) is 12.4 Å². The third-order valence-corrected chi connectivity index (χ3v) is 5.36. The second kappa shape index (κ2) is 8.82. The number of carbonyl (C=O) groups is 2. The number of aromatic nitrogens is 1. The van der Waals surface area contributed by atoms with Crippen molar-refractivity contribution in [1.29, 1.82) is 0 Å². The predicted octanol–water partition coefficient (Wildman–Crippen LogP) is 4.69. The Balaban J connectivity index is 1.93. The first-order valence-electron chi connectivity index (χ1n) is 10.2. The average Bonchev–Trinajstić information content (AvgIpc) is 3.07. The highest BCUT2D eigenvalue weighted by atomic mass is 19.1. The van der Waals surface area contributed by atoms with E-state index in [0.717, 1.165) is 23.1 Å². The number of ether oxygens (including phenoxy) is 1. The Bertz CT molecular complexity index is 1270. The number of hydrogen-bond donors (Lipinski definition) is 1.